The normalized spacial score (nSPS) is 10.4. The molecular formula is C9H8N2O3S. The van der Waals surface area contributed by atoms with Crippen molar-refractivity contribution < 1.29 is 14.3 Å². The van der Waals surface area contributed by atoms with E-state index in [-0.39, 0.29) is 4.88 Å². The van der Waals surface area contributed by atoms with E-state index in [9.17, 15) is 4.79 Å². The van der Waals surface area contributed by atoms with Crippen LogP contribution in [0.4, 0.5) is 5.69 Å². The first-order valence-electron chi connectivity index (χ1n) is 4.15. The first-order chi connectivity index (χ1) is 7.16. The minimum atomic E-state index is -0.962. The lowest BCUT2D eigenvalue weighted by molar-refractivity contribution is 0.0702. The summed E-state index contributed by atoms with van der Waals surface area (Å²) in [5.41, 5.74) is 6.16. The number of anilines is 1. The second-order valence-corrected chi connectivity index (χ2v) is 4.08. The van der Waals surface area contributed by atoms with Gasteiger partial charge in [0.1, 0.15) is 10.6 Å². The number of carboxylic acid groups (broad SMARTS) is 1. The standard InChI is InChI=1S/C9H8N2O3S/c10-6-2-8(9(12)13)15-7(6)1-5-3-11-4-14-5/h2-4H,1,10H2,(H,12,13). The number of rotatable bonds is 3. The fraction of sp³-hybridized carbons (Fsp3) is 0.111. The Bertz CT molecular complexity index is 476. The molecule has 0 amide bonds. The van der Waals surface area contributed by atoms with E-state index in [1.54, 1.807) is 6.20 Å². The zero-order valence-electron chi connectivity index (χ0n) is 7.64. The fourth-order valence-corrected chi connectivity index (χ4v) is 2.10. The Morgan fingerprint density at radius 1 is 1.67 bits per heavy atom. The van der Waals surface area contributed by atoms with Crippen molar-refractivity contribution in [1.82, 2.24) is 4.98 Å². The van der Waals surface area contributed by atoms with Gasteiger partial charge in [-0.05, 0) is 6.07 Å². The molecule has 0 spiro atoms. The molecule has 0 fully saturated rings. The number of aromatic nitrogens is 1. The number of carboxylic acids is 1. The summed E-state index contributed by atoms with van der Waals surface area (Å²) in [4.78, 5) is 15.5. The Morgan fingerprint density at radius 3 is 3.00 bits per heavy atom. The number of aromatic carboxylic acids is 1. The van der Waals surface area contributed by atoms with Crippen molar-refractivity contribution >= 4 is 23.0 Å². The van der Waals surface area contributed by atoms with Gasteiger partial charge in [-0.2, -0.15) is 0 Å². The molecule has 3 N–H and O–H groups in total. The number of carbonyl (C=O) groups is 1. The van der Waals surface area contributed by atoms with Crippen molar-refractivity contribution in [3.05, 3.63) is 34.2 Å². The summed E-state index contributed by atoms with van der Waals surface area (Å²) < 4.78 is 5.05. The van der Waals surface area contributed by atoms with Gasteiger partial charge in [-0.25, -0.2) is 9.78 Å². The van der Waals surface area contributed by atoms with E-state index < -0.39 is 5.97 Å². The number of nitrogens with zero attached hydrogens (tertiary/aromatic N) is 1. The maximum absolute atomic E-state index is 10.7. The van der Waals surface area contributed by atoms with Gasteiger partial charge in [0, 0.05) is 17.0 Å². The summed E-state index contributed by atoms with van der Waals surface area (Å²) in [5.74, 6) is -0.295. The Morgan fingerprint density at radius 2 is 2.47 bits per heavy atom. The lowest BCUT2D eigenvalue weighted by atomic mass is 10.2. The van der Waals surface area contributed by atoms with Crippen molar-refractivity contribution in [2.24, 2.45) is 0 Å². The number of nitrogens with two attached hydrogens (primary N) is 1. The van der Waals surface area contributed by atoms with Crippen LogP contribution in [0.2, 0.25) is 0 Å². The van der Waals surface area contributed by atoms with Gasteiger partial charge in [0.15, 0.2) is 6.39 Å². The summed E-state index contributed by atoms with van der Waals surface area (Å²) in [6.45, 7) is 0. The minimum Gasteiger partial charge on any atom is -0.477 e. The van der Waals surface area contributed by atoms with Gasteiger partial charge < -0.3 is 15.3 Å². The third-order valence-electron chi connectivity index (χ3n) is 1.87. The highest BCUT2D eigenvalue weighted by atomic mass is 32.1. The van der Waals surface area contributed by atoms with Crippen LogP contribution >= 0.6 is 11.3 Å². The van der Waals surface area contributed by atoms with Crippen molar-refractivity contribution in [3.63, 3.8) is 0 Å². The van der Waals surface area contributed by atoms with E-state index in [0.29, 0.717) is 17.9 Å². The lowest BCUT2D eigenvalue weighted by Gasteiger charge is -1.93. The monoisotopic (exact) mass is 224 g/mol. The van der Waals surface area contributed by atoms with Crippen molar-refractivity contribution in [2.45, 2.75) is 6.42 Å². The molecule has 2 aromatic rings. The van der Waals surface area contributed by atoms with Gasteiger partial charge in [-0.3, -0.25) is 0 Å². The average Bonchev–Trinajstić information content (AvgIpc) is 2.77. The second-order valence-electron chi connectivity index (χ2n) is 2.94. The molecule has 0 atom stereocenters. The molecule has 0 aliphatic carbocycles. The average molecular weight is 224 g/mol. The van der Waals surface area contributed by atoms with Crippen LogP contribution < -0.4 is 5.73 Å². The number of hydrogen-bond donors (Lipinski definition) is 2. The zero-order valence-corrected chi connectivity index (χ0v) is 8.45. The van der Waals surface area contributed by atoms with E-state index in [2.05, 4.69) is 4.98 Å². The molecule has 0 radical (unpaired) electrons. The Kier molecular flexibility index (Phi) is 2.42. The molecule has 0 bridgehead atoms. The molecule has 0 aromatic carbocycles. The summed E-state index contributed by atoms with van der Waals surface area (Å²) in [6.07, 6.45) is 3.39. The maximum Gasteiger partial charge on any atom is 0.345 e. The van der Waals surface area contributed by atoms with E-state index in [1.165, 1.54) is 12.5 Å². The molecule has 5 nitrogen and oxygen atoms in total. The topological polar surface area (TPSA) is 89.4 Å². The highest BCUT2D eigenvalue weighted by molar-refractivity contribution is 7.14. The predicted octanol–water partition coefficient (Wildman–Crippen LogP) is 1.61. The Hall–Kier alpha value is -1.82. The maximum atomic E-state index is 10.7. The molecule has 0 unspecified atom stereocenters. The third-order valence-corrected chi connectivity index (χ3v) is 3.01. The molecule has 6 heteroatoms. The lowest BCUT2D eigenvalue weighted by Crippen LogP contribution is -1.90. The molecule has 2 heterocycles. The van der Waals surface area contributed by atoms with Crippen LogP contribution in [0.5, 0.6) is 0 Å². The summed E-state index contributed by atoms with van der Waals surface area (Å²) in [7, 11) is 0. The van der Waals surface area contributed by atoms with E-state index in [4.69, 9.17) is 15.3 Å². The van der Waals surface area contributed by atoms with Crippen molar-refractivity contribution in [2.75, 3.05) is 5.73 Å². The summed E-state index contributed by atoms with van der Waals surface area (Å²) in [5, 5.41) is 8.77. The number of hydrogen-bond acceptors (Lipinski definition) is 5. The SMILES string of the molecule is Nc1cc(C(=O)O)sc1Cc1cnco1. The summed E-state index contributed by atoms with van der Waals surface area (Å²) in [6, 6.07) is 1.46. The molecule has 2 rings (SSSR count). The first kappa shape index (κ1) is 9.72. The molecule has 0 aliphatic heterocycles. The minimum absolute atomic E-state index is 0.238. The molecule has 78 valence electrons. The molecule has 0 saturated heterocycles. The second kappa shape index (κ2) is 3.74. The van der Waals surface area contributed by atoms with Gasteiger partial charge in [-0.1, -0.05) is 0 Å². The van der Waals surface area contributed by atoms with Gasteiger partial charge in [0.05, 0.1) is 6.20 Å². The number of thiophene rings is 1. The van der Waals surface area contributed by atoms with Crippen LogP contribution in [0.25, 0.3) is 0 Å². The number of oxazole rings is 1. The van der Waals surface area contributed by atoms with Gasteiger partial charge in [-0.15, -0.1) is 11.3 Å². The van der Waals surface area contributed by atoms with E-state index in [1.807, 2.05) is 0 Å². The highest BCUT2D eigenvalue weighted by Crippen LogP contribution is 2.27. The molecule has 0 aliphatic rings. The third kappa shape index (κ3) is 1.99. The molecule has 2 aromatic heterocycles. The van der Waals surface area contributed by atoms with Gasteiger partial charge >= 0.3 is 5.97 Å². The molecule has 0 saturated carbocycles. The van der Waals surface area contributed by atoms with Crippen LogP contribution in [0, 0.1) is 0 Å². The van der Waals surface area contributed by atoms with E-state index >= 15 is 0 Å². The van der Waals surface area contributed by atoms with Gasteiger partial charge in [0.2, 0.25) is 0 Å². The molecule has 15 heavy (non-hydrogen) atoms. The van der Waals surface area contributed by atoms with Crippen LogP contribution in [-0.2, 0) is 6.42 Å². The van der Waals surface area contributed by atoms with Crippen LogP contribution in [0.1, 0.15) is 20.3 Å². The zero-order chi connectivity index (χ0) is 10.8. The summed E-state index contributed by atoms with van der Waals surface area (Å²) >= 11 is 1.15. The first-order valence-corrected chi connectivity index (χ1v) is 4.97. The van der Waals surface area contributed by atoms with Gasteiger partial charge in [0.25, 0.3) is 0 Å². The Balaban J connectivity index is 2.25. The van der Waals surface area contributed by atoms with E-state index in [0.717, 1.165) is 16.2 Å². The Labute approximate surface area is 89.2 Å². The smallest absolute Gasteiger partial charge is 0.345 e. The highest BCUT2D eigenvalue weighted by Gasteiger charge is 2.13. The fourth-order valence-electron chi connectivity index (χ4n) is 1.17. The van der Waals surface area contributed by atoms with Crippen molar-refractivity contribution in [3.8, 4) is 0 Å². The van der Waals surface area contributed by atoms with Crippen molar-refractivity contribution in [1.29, 1.82) is 0 Å². The predicted molar refractivity (Wildman–Crippen MR) is 55.0 cm³/mol. The van der Waals surface area contributed by atoms with Crippen LogP contribution in [0.3, 0.4) is 0 Å². The largest absolute Gasteiger partial charge is 0.477 e. The van der Waals surface area contributed by atoms with Crippen LogP contribution in [-0.4, -0.2) is 16.1 Å². The quantitative estimate of drug-likeness (QED) is 0.826. The van der Waals surface area contributed by atoms with Crippen LogP contribution in [0.15, 0.2) is 23.1 Å². The molecular weight excluding hydrogens is 216 g/mol. The number of nitrogen functional groups attached to an aromatic ring is 1.